The van der Waals surface area contributed by atoms with Gasteiger partial charge in [0.2, 0.25) is 10.0 Å². The van der Waals surface area contributed by atoms with Crippen LogP contribution in [0, 0.1) is 0 Å². The third kappa shape index (κ3) is 2.96. The Morgan fingerprint density at radius 2 is 1.87 bits per heavy atom. The smallest absolute Gasteiger partial charge is 0.258 e. The van der Waals surface area contributed by atoms with E-state index in [-0.39, 0.29) is 10.8 Å². The zero-order chi connectivity index (χ0) is 20.9. The Hall–Kier alpha value is -2.94. The number of anilines is 1. The summed E-state index contributed by atoms with van der Waals surface area (Å²) in [5.74, 6) is -0.156. The van der Waals surface area contributed by atoms with E-state index in [1.54, 1.807) is 30.1 Å². The van der Waals surface area contributed by atoms with E-state index in [0.29, 0.717) is 43.1 Å². The van der Waals surface area contributed by atoms with Gasteiger partial charge in [-0.3, -0.25) is 4.79 Å². The van der Waals surface area contributed by atoms with E-state index in [9.17, 15) is 13.2 Å². The van der Waals surface area contributed by atoms with Crippen LogP contribution in [-0.4, -0.2) is 57.0 Å². The van der Waals surface area contributed by atoms with Crippen LogP contribution >= 0.6 is 0 Å². The normalized spacial score (nSPS) is 19.0. The minimum atomic E-state index is -3.65. The van der Waals surface area contributed by atoms with Crippen LogP contribution in [0.4, 0.5) is 5.69 Å². The lowest BCUT2D eigenvalue weighted by Gasteiger charge is -2.26. The highest BCUT2D eigenvalue weighted by molar-refractivity contribution is 7.89. The highest BCUT2D eigenvalue weighted by Gasteiger charge is 2.33. The van der Waals surface area contributed by atoms with Crippen LogP contribution in [0.3, 0.4) is 0 Å². The maximum absolute atomic E-state index is 13.1. The SMILES string of the molecule is CN1C(=O)/C(=C\c2c[nH]c3ccccc23)c2cc(S(=O)(=O)N3CCOCC3)ccc21. The zero-order valence-corrected chi connectivity index (χ0v) is 17.3. The maximum Gasteiger partial charge on any atom is 0.258 e. The van der Waals surface area contributed by atoms with E-state index < -0.39 is 10.0 Å². The molecule has 1 amide bonds. The summed E-state index contributed by atoms with van der Waals surface area (Å²) in [5, 5.41) is 1.01. The third-order valence-electron chi connectivity index (χ3n) is 5.68. The summed E-state index contributed by atoms with van der Waals surface area (Å²) in [7, 11) is -1.95. The summed E-state index contributed by atoms with van der Waals surface area (Å²) < 4.78 is 32.9. The third-order valence-corrected chi connectivity index (χ3v) is 7.58. The molecule has 1 saturated heterocycles. The molecule has 2 aromatic carbocycles. The van der Waals surface area contributed by atoms with Crippen LogP contribution < -0.4 is 4.90 Å². The molecule has 2 aliphatic rings. The molecule has 0 bridgehead atoms. The topological polar surface area (TPSA) is 82.7 Å². The fourth-order valence-electron chi connectivity index (χ4n) is 4.03. The minimum absolute atomic E-state index is 0.156. The first-order valence-electron chi connectivity index (χ1n) is 9.75. The monoisotopic (exact) mass is 423 g/mol. The Labute approximate surface area is 174 Å². The molecule has 8 heteroatoms. The average Bonchev–Trinajstić information content (AvgIpc) is 3.29. The average molecular weight is 423 g/mol. The molecule has 3 aromatic rings. The molecule has 1 fully saturated rings. The van der Waals surface area contributed by atoms with Crippen molar-refractivity contribution in [1.29, 1.82) is 0 Å². The Bertz CT molecular complexity index is 1290. The number of benzene rings is 2. The molecule has 5 rings (SSSR count). The quantitative estimate of drug-likeness (QED) is 0.657. The van der Waals surface area contributed by atoms with E-state index in [1.165, 1.54) is 4.31 Å². The molecule has 7 nitrogen and oxygen atoms in total. The molecule has 0 saturated carbocycles. The molecule has 1 aromatic heterocycles. The number of para-hydroxylation sites is 1. The zero-order valence-electron chi connectivity index (χ0n) is 16.5. The lowest BCUT2D eigenvalue weighted by atomic mass is 10.0. The molecule has 154 valence electrons. The summed E-state index contributed by atoms with van der Waals surface area (Å²) in [4.78, 5) is 17.9. The molecule has 0 unspecified atom stereocenters. The van der Waals surface area contributed by atoms with Gasteiger partial charge in [-0.25, -0.2) is 8.42 Å². The number of carbonyl (C=O) groups excluding carboxylic acids is 1. The van der Waals surface area contributed by atoms with E-state index >= 15 is 0 Å². The second-order valence-electron chi connectivity index (χ2n) is 7.41. The van der Waals surface area contributed by atoms with Gasteiger partial charge < -0.3 is 14.6 Å². The van der Waals surface area contributed by atoms with E-state index in [4.69, 9.17) is 4.74 Å². The minimum Gasteiger partial charge on any atom is -0.379 e. The highest BCUT2D eigenvalue weighted by atomic mass is 32.2. The largest absolute Gasteiger partial charge is 0.379 e. The summed E-state index contributed by atoms with van der Waals surface area (Å²) >= 11 is 0. The van der Waals surface area contributed by atoms with Gasteiger partial charge in [-0.2, -0.15) is 4.31 Å². The number of hydrogen-bond donors (Lipinski definition) is 1. The van der Waals surface area contributed by atoms with Crippen LogP contribution in [0.15, 0.2) is 53.6 Å². The van der Waals surface area contributed by atoms with Crippen molar-refractivity contribution >= 4 is 44.2 Å². The summed E-state index contributed by atoms with van der Waals surface area (Å²) in [6.07, 6.45) is 3.69. The number of H-pyrrole nitrogens is 1. The van der Waals surface area contributed by atoms with Crippen LogP contribution in [0.2, 0.25) is 0 Å². The Balaban J connectivity index is 1.61. The van der Waals surface area contributed by atoms with Gasteiger partial charge in [0.25, 0.3) is 5.91 Å². The van der Waals surface area contributed by atoms with Gasteiger partial charge in [0.05, 0.1) is 23.8 Å². The van der Waals surface area contributed by atoms with Gasteiger partial charge in [-0.1, -0.05) is 18.2 Å². The Kier molecular flexibility index (Phi) is 4.50. The predicted molar refractivity (Wildman–Crippen MR) is 116 cm³/mol. The van der Waals surface area contributed by atoms with Gasteiger partial charge in [0, 0.05) is 53.9 Å². The number of aromatic amines is 1. The second-order valence-corrected chi connectivity index (χ2v) is 9.35. The number of amides is 1. The lowest BCUT2D eigenvalue weighted by Crippen LogP contribution is -2.40. The molecular formula is C22H21N3O4S. The van der Waals surface area contributed by atoms with Crippen molar-refractivity contribution in [2.24, 2.45) is 0 Å². The molecule has 0 radical (unpaired) electrons. The fourth-order valence-corrected chi connectivity index (χ4v) is 5.47. The number of morpholine rings is 1. The van der Waals surface area contributed by atoms with Crippen molar-refractivity contribution in [3.63, 3.8) is 0 Å². The number of hydrogen-bond acceptors (Lipinski definition) is 4. The number of rotatable bonds is 3. The van der Waals surface area contributed by atoms with Gasteiger partial charge in [0.15, 0.2) is 0 Å². The van der Waals surface area contributed by atoms with Gasteiger partial charge in [-0.05, 0) is 30.3 Å². The van der Waals surface area contributed by atoms with Crippen molar-refractivity contribution < 1.29 is 17.9 Å². The standard InChI is InChI=1S/C22H21N3O4S/c1-24-21-7-6-16(30(27,28)25-8-10-29-11-9-25)13-18(21)19(22(24)26)12-15-14-23-20-5-3-2-4-17(15)20/h2-7,12-14,23H,8-11H2,1H3/b19-12-. The van der Waals surface area contributed by atoms with Crippen molar-refractivity contribution in [1.82, 2.24) is 9.29 Å². The molecule has 0 aliphatic carbocycles. The molecule has 0 atom stereocenters. The number of nitrogens with zero attached hydrogens (tertiary/aromatic N) is 2. The molecular weight excluding hydrogens is 402 g/mol. The summed E-state index contributed by atoms with van der Waals surface area (Å²) in [6, 6.07) is 12.7. The number of nitrogens with one attached hydrogen (secondary N) is 1. The summed E-state index contributed by atoms with van der Waals surface area (Å²) in [6.45, 7) is 1.43. The first kappa shape index (κ1) is 19.0. The maximum atomic E-state index is 13.1. The van der Waals surface area contributed by atoms with E-state index in [0.717, 1.165) is 16.5 Å². The van der Waals surface area contributed by atoms with E-state index in [1.807, 2.05) is 36.5 Å². The number of fused-ring (bicyclic) bond motifs is 2. The number of carbonyl (C=O) groups is 1. The van der Waals surface area contributed by atoms with Gasteiger partial charge in [-0.15, -0.1) is 0 Å². The number of aromatic nitrogens is 1. The van der Waals surface area contributed by atoms with Crippen LogP contribution in [0.1, 0.15) is 11.1 Å². The molecule has 0 spiro atoms. The first-order chi connectivity index (χ1) is 14.5. The van der Waals surface area contributed by atoms with Crippen LogP contribution in [0.25, 0.3) is 22.6 Å². The fraction of sp³-hybridized carbons (Fsp3) is 0.227. The number of likely N-dealkylation sites (N-methyl/N-ethyl adjacent to an activating group) is 1. The van der Waals surface area contributed by atoms with Crippen molar-refractivity contribution in [3.8, 4) is 0 Å². The Morgan fingerprint density at radius 3 is 2.67 bits per heavy atom. The molecule has 1 N–H and O–H groups in total. The lowest BCUT2D eigenvalue weighted by molar-refractivity contribution is -0.112. The van der Waals surface area contributed by atoms with Crippen molar-refractivity contribution in [2.75, 3.05) is 38.3 Å². The predicted octanol–water partition coefficient (Wildman–Crippen LogP) is 2.71. The van der Waals surface area contributed by atoms with Crippen LogP contribution in [-0.2, 0) is 19.6 Å². The van der Waals surface area contributed by atoms with Crippen LogP contribution in [0.5, 0.6) is 0 Å². The molecule has 2 aliphatic heterocycles. The number of ether oxygens (including phenoxy) is 1. The number of sulfonamides is 1. The second kappa shape index (κ2) is 7.09. The molecule has 30 heavy (non-hydrogen) atoms. The summed E-state index contributed by atoms with van der Waals surface area (Å²) in [5.41, 5.74) is 3.68. The first-order valence-corrected chi connectivity index (χ1v) is 11.2. The van der Waals surface area contributed by atoms with Crippen molar-refractivity contribution in [3.05, 3.63) is 59.8 Å². The van der Waals surface area contributed by atoms with Gasteiger partial charge >= 0.3 is 0 Å². The molecule has 3 heterocycles. The van der Waals surface area contributed by atoms with Crippen molar-refractivity contribution in [2.45, 2.75) is 4.90 Å². The highest BCUT2D eigenvalue weighted by Crippen LogP contribution is 2.39. The van der Waals surface area contributed by atoms with Gasteiger partial charge in [0.1, 0.15) is 0 Å². The Morgan fingerprint density at radius 1 is 1.10 bits per heavy atom. The van der Waals surface area contributed by atoms with E-state index in [2.05, 4.69) is 4.98 Å².